The predicted octanol–water partition coefficient (Wildman–Crippen LogP) is 5.83. The maximum Gasteiger partial charge on any atom is 0.237 e. The van der Waals surface area contributed by atoms with Crippen LogP contribution in [0.1, 0.15) is 56.5 Å². The Morgan fingerprint density at radius 1 is 0.963 bits per heavy atom. The predicted molar refractivity (Wildman–Crippen MR) is 112 cm³/mol. The third-order valence-electron chi connectivity index (χ3n) is 3.82. The lowest BCUT2D eigenvalue weighted by Gasteiger charge is -2.05. The van der Waals surface area contributed by atoms with Crippen molar-refractivity contribution in [1.82, 2.24) is 20.3 Å². The van der Waals surface area contributed by atoms with Crippen LogP contribution in [-0.4, -0.2) is 20.3 Å². The van der Waals surface area contributed by atoms with E-state index < -0.39 is 0 Å². The van der Waals surface area contributed by atoms with E-state index in [-0.39, 0.29) is 0 Å². The minimum atomic E-state index is 0.521. The van der Waals surface area contributed by atoms with Gasteiger partial charge in [-0.25, -0.2) is 0 Å². The van der Waals surface area contributed by atoms with Crippen molar-refractivity contribution in [2.45, 2.75) is 60.2 Å². The minimum absolute atomic E-state index is 0.521. The molecule has 8 heteroatoms. The van der Waals surface area contributed by atoms with Crippen LogP contribution in [0, 0.1) is 5.92 Å². The summed E-state index contributed by atoms with van der Waals surface area (Å²) >= 11 is 4.92. The third kappa shape index (κ3) is 6.33. The van der Waals surface area contributed by atoms with Gasteiger partial charge in [-0.15, -0.1) is 10.2 Å². The van der Waals surface area contributed by atoms with Crippen LogP contribution in [-0.2, 0) is 17.9 Å². The fourth-order valence-corrected chi connectivity index (χ4v) is 5.19. The lowest BCUT2D eigenvalue weighted by Crippen LogP contribution is -1.96. The molecule has 0 radical (unpaired) electrons. The van der Waals surface area contributed by atoms with Crippen molar-refractivity contribution in [1.29, 1.82) is 0 Å². The maximum absolute atomic E-state index is 5.30. The second-order valence-corrected chi connectivity index (χ2v) is 10.4. The summed E-state index contributed by atoms with van der Waals surface area (Å²) in [7, 11) is 0. The Kier molecular flexibility index (Phi) is 7.32. The Bertz CT molecular complexity index is 843. The van der Waals surface area contributed by atoms with Crippen molar-refractivity contribution in [2.75, 3.05) is 0 Å². The molecule has 0 amide bonds. The van der Waals surface area contributed by atoms with E-state index in [2.05, 4.69) is 72.3 Å². The van der Waals surface area contributed by atoms with Crippen LogP contribution in [0.2, 0.25) is 0 Å². The van der Waals surface area contributed by atoms with Crippen molar-refractivity contribution in [3.8, 4) is 0 Å². The van der Waals surface area contributed by atoms with Crippen molar-refractivity contribution in [3.05, 3.63) is 47.1 Å². The van der Waals surface area contributed by atoms with Crippen LogP contribution < -0.4 is 0 Å². The van der Waals surface area contributed by atoms with E-state index >= 15 is 0 Å². The molecule has 3 rings (SSSR count). The maximum atomic E-state index is 5.30. The number of thioether (sulfide) groups is 2. The van der Waals surface area contributed by atoms with Gasteiger partial charge < -0.3 is 4.52 Å². The van der Waals surface area contributed by atoms with Gasteiger partial charge in [0.05, 0.1) is 5.75 Å². The van der Waals surface area contributed by atoms with E-state index in [0.29, 0.717) is 23.5 Å². The second-order valence-electron chi connectivity index (χ2n) is 7.01. The largest absolute Gasteiger partial charge is 0.338 e. The quantitative estimate of drug-likeness (QED) is 0.404. The molecule has 144 valence electrons. The van der Waals surface area contributed by atoms with Crippen molar-refractivity contribution in [2.24, 2.45) is 5.92 Å². The molecule has 5 nitrogen and oxygen atoms in total. The molecule has 0 aliphatic rings. The van der Waals surface area contributed by atoms with Gasteiger partial charge in [-0.1, -0.05) is 92.0 Å². The fourth-order valence-electron chi connectivity index (χ4n) is 2.38. The van der Waals surface area contributed by atoms with Gasteiger partial charge >= 0.3 is 0 Å². The van der Waals surface area contributed by atoms with Gasteiger partial charge in [-0.3, -0.25) is 0 Å². The van der Waals surface area contributed by atoms with Gasteiger partial charge in [0.15, 0.2) is 14.5 Å². The summed E-state index contributed by atoms with van der Waals surface area (Å²) in [6, 6.07) is 8.81. The van der Waals surface area contributed by atoms with E-state index in [4.69, 9.17) is 4.52 Å². The lowest BCUT2D eigenvalue weighted by molar-refractivity contribution is 0.382. The molecule has 3 aromatic rings. The first kappa shape index (κ1) is 20.4. The Hall–Kier alpha value is -1.38. The Morgan fingerprint density at radius 3 is 2.26 bits per heavy atom. The summed E-state index contributed by atoms with van der Waals surface area (Å²) in [6.07, 6.45) is 0.839. The molecule has 27 heavy (non-hydrogen) atoms. The molecule has 0 spiro atoms. The molecule has 0 aliphatic carbocycles. The molecular weight excluding hydrogens is 396 g/mol. The Balaban J connectivity index is 1.47. The highest BCUT2D eigenvalue weighted by Gasteiger charge is 2.11. The van der Waals surface area contributed by atoms with Crippen LogP contribution in [0.4, 0.5) is 0 Å². The average molecular weight is 421 g/mol. The van der Waals surface area contributed by atoms with Crippen LogP contribution in [0.15, 0.2) is 37.5 Å². The van der Waals surface area contributed by atoms with Gasteiger partial charge in [0.2, 0.25) is 5.89 Å². The molecule has 2 heterocycles. The van der Waals surface area contributed by atoms with Crippen LogP contribution >= 0.6 is 34.9 Å². The number of rotatable bonds is 9. The molecule has 0 unspecified atom stereocenters. The van der Waals surface area contributed by atoms with Gasteiger partial charge in [0, 0.05) is 12.2 Å². The second kappa shape index (κ2) is 9.71. The zero-order valence-corrected chi connectivity index (χ0v) is 18.5. The molecule has 2 aromatic heterocycles. The van der Waals surface area contributed by atoms with E-state index in [9.17, 15) is 0 Å². The molecule has 1 aromatic carbocycles. The Morgan fingerprint density at radius 2 is 1.63 bits per heavy atom. The first-order valence-corrected chi connectivity index (χ1v) is 11.8. The highest BCUT2D eigenvalue weighted by atomic mass is 32.2. The molecule has 0 bridgehead atoms. The smallest absolute Gasteiger partial charge is 0.237 e. The Labute approximate surface area is 172 Å². The molecular formula is C19H24N4OS3. The lowest BCUT2D eigenvalue weighted by atomic mass is 10.0. The monoisotopic (exact) mass is 420 g/mol. The van der Waals surface area contributed by atoms with Crippen LogP contribution in [0.3, 0.4) is 0 Å². The summed E-state index contributed by atoms with van der Waals surface area (Å²) in [6.45, 7) is 8.71. The normalized spacial score (nSPS) is 11.6. The van der Waals surface area contributed by atoms with Crippen molar-refractivity contribution < 1.29 is 4.52 Å². The summed E-state index contributed by atoms with van der Waals surface area (Å²) in [4.78, 5) is 4.42. The zero-order valence-electron chi connectivity index (χ0n) is 16.0. The third-order valence-corrected chi connectivity index (χ3v) is 7.06. The SMILES string of the molecule is CC(C)Cc1noc(CSc2nnc(SCc3ccc(C(C)C)cc3)s2)n1. The summed E-state index contributed by atoms with van der Waals surface area (Å²) in [5, 5.41) is 12.6. The van der Waals surface area contributed by atoms with Gasteiger partial charge in [0.25, 0.3) is 0 Å². The summed E-state index contributed by atoms with van der Waals surface area (Å²) < 4.78 is 7.20. The van der Waals surface area contributed by atoms with Crippen molar-refractivity contribution >= 4 is 34.9 Å². The molecule has 0 aliphatic heterocycles. The number of hydrogen-bond donors (Lipinski definition) is 0. The minimum Gasteiger partial charge on any atom is -0.338 e. The molecule has 0 fully saturated rings. The van der Waals surface area contributed by atoms with E-state index in [0.717, 1.165) is 26.7 Å². The van der Waals surface area contributed by atoms with E-state index in [1.165, 1.54) is 11.1 Å². The van der Waals surface area contributed by atoms with Gasteiger partial charge in [0.1, 0.15) is 0 Å². The van der Waals surface area contributed by atoms with E-state index in [1.54, 1.807) is 34.9 Å². The summed E-state index contributed by atoms with van der Waals surface area (Å²) in [5.74, 6) is 4.03. The molecule has 0 saturated heterocycles. The number of nitrogens with zero attached hydrogens (tertiary/aromatic N) is 4. The topological polar surface area (TPSA) is 64.7 Å². The molecule has 0 atom stereocenters. The fraction of sp³-hybridized carbons (Fsp3) is 0.474. The number of benzene rings is 1. The number of aromatic nitrogens is 4. The first-order valence-electron chi connectivity index (χ1n) is 8.99. The van der Waals surface area contributed by atoms with Crippen molar-refractivity contribution in [3.63, 3.8) is 0 Å². The summed E-state index contributed by atoms with van der Waals surface area (Å²) in [5.41, 5.74) is 2.67. The highest BCUT2D eigenvalue weighted by Crippen LogP contribution is 2.32. The highest BCUT2D eigenvalue weighted by molar-refractivity contribution is 8.02. The number of hydrogen-bond acceptors (Lipinski definition) is 8. The van der Waals surface area contributed by atoms with Crippen LogP contribution in [0.25, 0.3) is 0 Å². The van der Waals surface area contributed by atoms with Crippen LogP contribution in [0.5, 0.6) is 0 Å². The molecule has 0 saturated carbocycles. The van der Waals surface area contributed by atoms with E-state index in [1.807, 2.05) is 0 Å². The molecule has 0 N–H and O–H groups in total. The van der Waals surface area contributed by atoms with Gasteiger partial charge in [-0.05, 0) is 23.0 Å². The average Bonchev–Trinajstić information content (AvgIpc) is 3.27. The first-order chi connectivity index (χ1) is 13.0. The standard InChI is InChI=1S/C19H24N4OS3/c1-12(2)9-16-20-17(24-23-16)11-26-19-22-21-18(27-19)25-10-14-5-7-15(8-6-14)13(3)4/h5-8,12-13H,9-11H2,1-4H3. The zero-order chi connectivity index (χ0) is 19.2. The van der Waals surface area contributed by atoms with Gasteiger partial charge in [-0.2, -0.15) is 4.98 Å².